The van der Waals surface area contributed by atoms with Crippen molar-refractivity contribution in [2.75, 3.05) is 25.6 Å². The van der Waals surface area contributed by atoms with E-state index in [2.05, 4.69) is 4.98 Å². The minimum atomic E-state index is -0.468. The molecule has 0 radical (unpaired) electrons. The van der Waals surface area contributed by atoms with Crippen LogP contribution in [0.5, 0.6) is 0 Å². The number of carbonyl (C=O) groups is 1. The van der Waals surface area contributed by atoms with Gasteiger partial charge in [-0.05, 0) is 18.6 Å². The number of anilines is 1. The van der Waals surface area contributed by atoms with E-state index in [0.717, 1.165) is 13.0 Å². The summed E-state index contributed by atoms with van der Waals surface area (Å²) in [5.74, 6) is -0.168. The van der Waals surface area contributed by atoms with Crippen LogP contribution in [0.2, 0.25) is 0 Å². The van der Waals surface area contributed by atoms with Gasteiger partial charge in [0.2, 0.25) is 0 Å². The minimum Gasteiger partial charge on any atom is -0.461 e. The number of ether oxygens (including phenoxy) is 2. The van der Waals surface area contributed by atoms with Crippen molar-refractivity contribution in [3.05, 3.63) is 24.0 Å². The SMILES string of the molecule is Nc1cccnc1C(=O)OCC1CCOC1. The van der Waals surface area contributed by atoms with Crippen LogP contribution in [-0.2, 0) is 9.47 Å². The van der Waals surface area contributed by atoms with Crippen LogP contribution in [0.1, 0.15) is 16.9 Å². The van der Waals surface area contributed by atoms with Crippen molar-refractivity contribution in [2.24, 2.45) is 5.92 Å². The molecule has 0 spiro atoms. The molecule has 1 aliphatic heterocycles. The van der Waals surface area contributed by atoms with Gasteiger partial charge in [0.05, 0.1) is 18.9 Å². The summed E-state index contributed by atoms with van der Waals surface area (Å²) in [6, 6.07) is 3.30. The van der Waals surface area contributed by atoms with Crippen molar-refractivity contribution < 1.29 is 14.3 Å². The normalized spacial score (nSPS) is 19.6. The van der Waals surface area contributed by atoms with Gasteiger partial charge in [0.1, 0.15) is 0 Å². The molecule has 1 saturated heterocycles. The third-order valence-electron chi connectivity index (χ3n) is 2.51. The maximum atomic E-state index is 11.6. The smallest absolute Gasteiger partial charge is 0.359 e. The Morgan fingerprint density at radius 3 is 3.25 bits per heavy atom. The molecule has 0 aliphatic carbocycles. The van der Waals surface area contributed by atoms with E-state index in [0.29, 0.717) is 24.8 Å². The maximum Gasteiger partial charge on any atom is 0.359 e. The Morgan fingerprint density at radius 1 is 1.69 bits per heavy atom. The number of carbonyl (C=O) groups excluding carboxylic acids is 1. The number of nitrogens with zero attached hydrogens (tertiary/aromatic N) is 1. The fourth-order valence-corrected chi connectivity index (χ4v) is 1.56. The molecule has 5 nitrogen and oxygen atoms in total. The number of pyridine rings is 1. The summed E-state index contributed by atoms with van der Waals surface area (Å²) in [4.78, 5) is 15.5. The first-order valence-electron chi connectivity index (χ1n) is 5.22. The van der Waals surface area contributed by atoms with Crippen molar-refractivity contribution in [2.45, 2.75) is 6.42 Å². The first-order chi connectivity index (χ1) is 7.77. The lowest BCUT2D eigenvalue weighted by Gasteiger charge is -2.09. The lowest BCUT2D eigenvalue weighted by atomic mass is 10.1. The third-order valence-corrected chi connectivity index (χ3v) is 2.51. The number of hydrogen-bond donors (Lipinski definition) is 1. The van der Waals surface area contributed by atoms with Crippen LogP contribution < -0.4 is 5.73 Å². The molecule has 0 aromatic carbocycles. The van der Waals surface area contributed by atoms with Crippen LogP contribution in [0.25, 0.3) is 0 Å². The fraction of sp³-hybridized carbons (Fsp3) is 0.455. The molecule has 2 rings (SSSR count). The van der Waals surface area contributed by atoms with Gasteiger partial charge in [0.25, 0.3) is 0 Å². The van der Waals surface area contributed by atoms with Crippen LogP contribution in [0.4, 0.5) is 5.69 Å². The van der Waals surface area contributed by atoms with E-state index in [1.54, 1.807) is 12.1 Å². The molecule has 16 heavy (non-hydrogen) atoms. The van der Waals surface area contributed by atoms with Gasteiger partial charge in [-0.15, -0.1) is 0 Å². The largest absolute Gasteiger partial charge is 0.461 e. The van der Waals surface area contributed by atoms with Crippen molar-refractivity contribution in [1.29, 1.82) is 0 Å². The zero-order valence-electron chi connectivity index (χ0n) is 8.89. The molecule has 0 bridgehead atoms. The van der Waals surface area contributed by atoms with Gasteiger partial charge in [-0.1, -0.05) is 0 Å². The van der Waals surface area contributed by atoms with Gasteiger partial charge in [0, 0.05) is 18.7 Å². The highest BCUT2D eigenvalue weighted by atomic mass is 16.5. The maximum absolute atomic E-state index is 11.6. The summed E-state index contributed by atoms with van der Waals surface area (Å²) in [6.45, 7) is 1.77. The van der Waals surface area contributed by atoms with Crippen molar-refractivity contribution in [3.63, 3.8) is 0 Å². The number of rotatable bonds is 3. The zero-order valence-corrected chi connectivity index (χ0v) is 8.89. The summed E-state index contributed by atoms with van der Waals surface area (Å²) >= 11 is 0. The van der Waals surface area contributed by atoms with E-state index in [-0.39, 0.29) is 5.69 Å². The molecule has 5 heteroatoms. The molecule has 1 fully saturated rings. The lowest BCUT2D eigenvalue weighted by Crippen LogP contribution is -2.16. The molecule has 2 N–H and O–H groups in total. The summed E-state index contributed by atoms with van der Waals surface area (Å²) in [5.41, 5.74) is 6.14. The Labute approximate surface area is 93.6 Å². The standard InChI is InChI=1S/C11H14N2O3/c12-9-2-1-4-13-10(9)11(14)16-7-8-3-5-15-6-8/h1-2,4,8H,3,5-7,12H2. The predicted octanol–water partition coefficient (Wildman–Crippen LogP) is 0.857. The quantitative estimate of drug-likeness (QED) is 0.767. The lowest BCUT2D eigenvalue weighted by molar-refractivity contribution is 0.0423. The average Bonchev–Trinajstić information content (AvgIpc) is 2.79. The Bertz CT molecular complexity index is 375. The van der Waals surface area contributed by atoms with Gasteiger partial charge in [0.15, 0.2) is 5.69 Å². The number of nitrogen functional groups attached to an aromatic ring is 1. The van der Waals surface area contributed by atoms with Crippen LogP contribution >= 0.6 is 0 Å². The molecule has 0 amide bonds. The highest BCUT2D eigenvalue weighted by molar-refractivity contribution is 5.92. The van der Waals surface area contributed by atoms with Crippen molar-refractivity contribution in [1.82, 2.24) is 4.98 Å². The Morgan fingerprint density at radius 2 is 2.56 bits per heavy atom. The predicted molar refractivity (Wildman–Crippen MR) is 57.9 cm³/mol. The van der Waals surface area contributed by atoms with Crippen molar-refractivity contribution in [3.8, 4) is 0 Å². The highest BCUT2D eigenvalue weighted by Gasteiger charge is 2.19. The number of esters is 1. The molecule has 1 aromatic heterocycles. The number of hydrogen-bond acceptors (Lipinski definition) is 5. The first kappa shape index (κ1) is 10.9. The van der Waals surface area contributed by atoms with Crippen LogP contribution in [0.3, 0.4) is 0 Å². The topological polar surface area (TPSA) is 74.4 Å². The molecule has 2 heterocycles. The molecule has 1 aliphatic rings. The van der Waals surface area contributed by atoms with E-state index < -0.39 is 5.97 Å². The summed E-state index contributed by atoms with van der Waals surface area (Å²) in [7, 11) is 0. The van der Waals surface area contributed by atoms with Crippen LogP contribution in [0.15, 0.2) is 18.3 Å². The molecule has 0 saturated carbocycles. The first-order valence-corrected chi connectivity index (χ1v) is 5.22. The second-order valence-electron chi connectivity index (χ2n) is 3.77. The summed E-state index contributed by atoms with van der Waals surface area (Å²) < 4.78 is 10.3. The third kappa shape index (κ3) is 2.49. The van der Waals surface area contributed by atoms with E-state index in [1.807, 2.05) is 0 Å². The molecule has 1 atom stereocenters. The van der Waals surface area contributed by atoms with Gasteiger partial charge >= 0.3 is 5.97 Å². The van der Waals surface area contributed by atoms with E-state index in [1.165, 1.54) is 6.20 Å². The summed E-state index contributed by atoms with van der Waals surface area (Å²) in [5, 5.41) is 0. The fourth-order valence-electron chi connectivity index (χ4n) is 1.56. The zero-order chi connectivity index (χ0) is 11.4. The second-order valence-corrected chi connectivity index (χ2v) is 3.77. The molecular formula is C11H14N2O3. The van der Waals surface area contributed by atoms with Gasteiger partial charge in [-0.25, -0.2) is 9.78 Å². The Hall–Kier alpha value is -1.62. The minimum absolute atomic E-state index is 0.182. The molecule has 1 unspecified atom stereocenters. The van der Waals surface area contributed by atoms with E-state index in [9.17, 15) is 4.79 Å². The molecule has 1 aromatic rings. The van der Waals surface area contributed by atoms with E-state index >= 15 is 0 Å². The average molecular weight is 222 g/mol. The van der Waals surface area contributed by atoms with Crippen LogP contribution in [0, 0.1) is 5.92 Å². The van der Waals surface area contributed by atoms with E-state index in [4.69, 9.17) is 15.2 Å². The second kappa shape index (κ2) is 4.94. The Kier molecular flexibility index (Phi) is 3.36. The van der Waals surface area contributed by atoms with Gasteiger partial charge in [-0.2, -0.15) is 0 Å². The Balaban J connectivity index is 1.90. The number of nitrogens with two attached hydrogens (primary N) is 1. The van der Waals surface area contributed by atoms with Crippen molar-refractivity contribution >= 4 is 11.7 Å². The van der Waals surface area contributed by atoms with Gasteiger partial charge < -0.3 is 15.2 Å². The molecule has 86 valence electrons. The van der Waals surface area contributed by atoms with Crippen LogP contribution in [-0.4, -0.2) is 30.8 Å². The number of aromatic nitrogens is 1. The van der Waals surface area contributed by atoms with Gasteiger partial charge in [-0.3, -0.25) is 0 Å². The highest BCUT2D eigenvalue weighted by Crippen LogP contribution is 2.14. The summed E-state index contributed by atoms with van der Waals surface area (Å²) in [6.07, 6.45) is 2.45. The monoisotopic (exact) mass is 222 g/mol. The molecular weight excluding hydrogens is 208 g/mol.